The van der Waals surface area contributed by atoms with E-state index in [1.165, 1.54) is 17.0 Å². The molecule has 0 unspecified atom stereocenters. The Kier molecular flexibility index (Phi) is 4.05. The molecule has 0 aromatic carbocycles. The monoisotopic (exact) mass is 254 g/mol. The van der Waals surface area contributed by atoms with E-state index in [-0.39, 0.29) is 35.7 Å². The molecule has 0 saturated heterocycles. The van der Waals surface area contributed by atoms with Gasteiger partial charge < -0.3 is 15.5 Å². The lowest BCUT2D eigenvalue weighted by Crippen LogP contribution is -2.20. The lowest BCUT2D eigenvalue weighted by atomic mass is 10.5. The summed E-state index contributed by atoms with van der Waals surface area (Å²) < 4.78 is 37.0. The molecule has 3 N–H and O–H groups in total. The minimum absolute atomic E-state index is 0.0791. The van der Waals surface area contributed by atoms with Gasteiger partial charge in [-0.1, -0.05) is 5.16 Å². The van der Waals surface area contributed by atoms with Crippen molar-refractivity contribution in [3.05, 3.63) is 18.2 Å². The van der Waals surface area contributed by atoms with Crippen LogP contribution in [-0.2, 0) is 6.54 Å². The van der Waals surface area contributed by atoms with Crippen molar-refractivity contribution in [1.29, 1.82) is 0 Å². The van der Waals surface area contributed by atoms with E-state index in [0.717, 1.165) is 0 Å². The van der Waals surface area contributed by atoms with E-state index in [4.69, 9.17) is 10.9 Å². The quantitative estimate of drug-likeness (QED) is 0.367. The minimum Gasteiger partial charge on any atom is -0.409 e. The Hall–Kier alpha value is -1.38. The molecule has 0 amide bonds. The number of rotatable bonds is 4. The van der Waals surface area contributed by atoms with Crippen LogP contribution in [0.5, 0.6) is 0 Å². The molecule has 0 fully saturated rings. The molecular formula is C7H9F3N4OS. The molecule has 0 spiro atoms. The van der Waals surface area contributed by atoms with Gasteiger partial charge in [0.25, 0.3) is 0 Å². The molecule has 0 radical (unpaired) electrons. The highest BCUT2D eigenvalue weighted by molar-refractivity contribution is 8.00. The summed E-state index contributed by atoms with van der Waals surface area (Å²) in [5.74, 6) is -0.252. The van der Waals surface area contributed by atoms with Crippen LogP contribution in [0.4, 0.5) is 13.2 Å². The maximum Gasteiger partial charge on any atom is 0.441 e. The standard InChI is InChI=1S/C7H9F3N4OS/c8-7(9,10)16-4-3-14-2-1-12-6(14)5(11)13-15/h1-2,15H,3-4H2,(H2,11,13). The van der Waals surface area contributed by atoms with Gasteiger partial charge in [-0.2, -0.15) is 13.2 Å². The lowest BCUT2D eigenvalue weighted by Gasteiger charge is -2.08. The Morgan fingerprint density at radius 1 is 1.62 bits per heavy atom. The number of thioether (sulfide) groups is 1. The normalized spacial score (nSPS) is 13.1. The Balaban J connectivity index is 2.58. The van der Waals surface area contributed by atoms with Gasteiger partial charge in [0, 0.05) is 24.7 Å². The van der Waals surface area contributed by atoms with Gasteiger partial charge in [-0.15, -0.1) is 0 Å². The Morgan fingerprint density at radius 3 is 2.88 bits per heavy atom. The largest absolute Gasteiger partial charge is 0.441 e. The van der Waals surface area contributed by atoms with E-state index in [9.17, 15) is 13.2 Å². The van der Waals surface area contributed by atoms with E-state index in [1.54, 1.807) is 0 Å². The highest BCUT2D eigenvalue weighted by Gasteiger charge is 2.27. The summed E-state index contributed by atoms with van der Waals surface area (Å²) in [6.07, 6.45) is 2.83. The van der Waals surface area contributed by atoms with Crippen molar-refractivity contribution < 1.29 is 18.4 Å². The fourth-order valence-electron chi connectivity index (χ4n) is 1.03. The first-order chi connectivity index (χ1) is 7.44. The van der Waals surface area contributed by atoms with Gasteiger partial charge in [-0.05, 0) is 11.8 Å². The summed E-state index contributed by atoms with van der Waals surface area (Å²) in [4.78, 5) is 3.76. The van der Waals surface area contributed by atoms with Gasteiger partial charge in [0.2, 0.25) is 5.84 Å². The van der Waals surface area contributed by atoms with Gasteiger partial charge in [-0.25, -0.2) is 4.98 Å². The Labute approximate surface area is 93.1 Å². The first-order valence-corrected chi connectivity index (χ1v) is 5.12. The lowest BCUT2D eigenvalue weighted by molar-refractivity contribution is -0.0328. The van der Waals surface area contributed by atoms with Gasteiger partial charge in [0.1, 0.15) is 0 Å². The van der Waals surface area contributed by atoms with Gasteiger partial charge in [0.05, 0.1) is 0 Å². The second-order valence-electron chi connectivity index (χ2n) is 2.72. The smallest absolute Gasteiger partial charge is 0.409 e. The van der Waals surface area contributed by atoms with Crippen LogP contribution < -0.4 is 5.73 Å². The second kappa shape index (κ2) is 5.10. The number of aromatic nitrogens is 2. The van der Waals surface area contributed by atoms with Crippen LogP contribution in [0.25, 0.3) is 0 Å². The third kappa shape index (κ3) is 3.65. The summed E-state index contributed by atoms with van der Waals surface area (Å²) >= 11 is -0.132. The third-order valence-electron chi connectivity index (χ3n) is 1.65. The van der Waals surface area contributed by atoms with Crippen LogP contribution in [0.3, 0.4) is 0 Å². The van der Waals surface area contributed by atoms with Gasteiger partial charge in [0.15, 0.2) is 5.82 Å². The van der Waals surface area contributed by atoms with Crippen LogP contribution in [0, 0.1) is 0 Å². The average Bonchev–Trinajstić information content (AvgIpc) is 2.63. The molecule has 1 aromatic rings. The van der Waals surface area contributed by atoms with Crippen molar-refractivity contribution in [3.8, 4) is 0 Å². The molecule has 0 aliphatic carbocycles. The number of nitrogens with zero attached hydrogens (tertiary/aromatic N) is 3. The average molecular weight is 254 g/mol. The number of amidine groups is 1. The first-order valence-electron chi connectivity index (χ1n) is 4.14. The van der Waals surface area contributed by atoms with Crippen molar-refractivity contribution in [3.63, 3.8) is 0 Å². The van der Waals surface area contributed by atoms with Crippen LogP contribution in [0.15, 0.2) is 17.5 Å². The molecule has 9 heteroatoms. The van der Waals surface area contributed by atoms with Crippen molar-refractivity contribution in [2.45, 2.75) is 12.1 Å². The van der Waals surface area contributed by atoms with E-state index in [0.29, 0.717) is 0 Å². The maximum absolute atomic E-state index is 11.9. The number of oxime groups is 1. The number of hydrogen-bond acceptors (Lipinski definition) is 4. The van der Waals surface area contributed by atoms with Crippen LogP contribution >= 0.6 is 11.8 Å². The predicted molar refractivity (Wildman–Crippen MR) is 53.3 cm³/mol. The van der Waals surface area contributed by atoms with Crippen molar-refractivity contribution in [2.24, 2.45) is 10.9 Å². The molecule has 0 saturated carbocycles. The number of halogens is 3. The number of aryl methyl sites for hydroxylation is 1. The highest BCUT2D eigenvalue weighted by atomic mass is 32.2. The van der Waals surface area contributed by atoms with Crippen molar-refractivity contribution in [1.82, 2.24) is 9.55 Å². The number of nitrogens with two attached hydrogens (primary N) is 1. The molecule has 5 nitrogen and oxygen atoms in total. The molecule has 16 heavy (non-hydrogen) atoms. The van der Waals surface area contributed by atoms with Gasteiger partial charge in [-0.3, -0.25) is 0 Å². The zero-order valence-corrected chi connectivity index (χ0v) is 8.79. The SMILES string of the molecule is N/C(=N/O)c1nccn1CCSC(F)(F)F. The molecule has 0 aliphatic rings. The van der Waals surface area contributed by atoms with Crippen molar-refractivity contribution >= 4 is 17.6 Å². The summed E-state index contributed by atoms with van der Waals surface area (Å²) in [6, 6.07) is 0. The number of hydrogen-bond donors (Lipinski definition) is 2. The van der Waals surface area contributed by atoms with Crippen molar-refractivity contribution in [2.75, 3.05) is 5.75 Å². The maximum atomic E-state index is 11.9. The van der Waals surface area contributed by atoms with Crippen LogP contribution in [0.2, 0.25) is 0 Å². The second-order valence-corrected chi connectivity index (χ2v) is 3.88. The fraction of sp³-hybridized carbons (Fsp3) is 0.429. The van der Waals surface area contributed by atoms with E-state index < -0.39 is 5.51 Å². The first kappa shape index (κ1) is 12.7. The van der Waals surface area contributed by atoms with Crippen LogP contribution in [-0.4, -0.2) is 31.9 Å². The molecular weight excluding hydrogens is 245 g/mol. The summed E-state index contributed by atoms with van der Waals surface area (Å²) in [5, 5.41) is 11.1. The third-order valence-corrected chi connectivity index (χ3v) is 2.36. The minimum atomic E-state index is -4.25. The van der Waals surface area contributed by atoms with E-state index in [1.807, 2.05) is 0 Å². The molecule has 1 aromatic heterocycles. The van der Waals surface area contributed by atoms with E-state index in [2.05, 4.69) is 10.1 Å². The zero-order valence-electron chi connectivity index (χ0n) is 7.98. The molecule has 0 bridgehead atoms. The Bertz CT molecular complexity index is 376. The molecule has 1 rings (SSSR count). The zero-order chi connectivity index (χ0) is 12.2. The summed E-state index contributed by atoms with van der Waals surface area (Å²) in [7, 11) is 0. The van der Waals surface area contributed by atoms with E-state index >= 15 is 0 Å². The van der Waals surface area contributed by atoms with Crippen LogP contribution in [0.1, 0.15) is 5.82 Å². The topological polar surface area (TPSA) is 76.4 Å². The predicted octanol–water partition coefficient (Wildman–Crippen LogP) is 1.23. The molecule has 0 atom stereocenters. The Morgan fingerprint density at radius 2 is 2.31 bits per heavy atom. The van der Waals surface area contributed by atoms with Gasteiger partial charge >= 0.3 is 5.51 Å². The molecule has 90 valence electrons. The molecule has 1 heterocycles. The summed E-state index contributed by atoms with van der Waals surface area (Å²) in [6.45, 7) is 0.0791. The number of imidazole rings is 1. The fourth-order valence-corrected chi connectivity index (χ4v) is 1.55. The highest BCUT2D eigenvalue weighted by Crippen LogP contribution is 2.30. The molecule has 0 aliphatic heterocycles. The summed E-state index contributed by atoms with van der Waals surface area (Å²) in [5.41, 5.74) is 1.03. The number of alkyl halides is 3.